The van der Waals surface area contributed by atoms with Crippen LogP contribution in [0.5, 0.6) is 5.75 Å². The van der Waals surface area contributed by atoms with Gasteiger partial charge in [0.1, 0.15) is 5.75 Å². The first-order valence-corrected chi connectivity index (χ1v) is 6.81. The highest BCUT2D eigenvalue weighted by atomic mass is 16.5. The van der Waals surface area contributed by atoms with Gasteiger partial charge < -0.3 is 15.4 Å². The fraction of sp³-hybridized carbons (Fsp3) is 0.533. The van der Waals surface area contributed by atoms with Crippen LogP contribution < -0.4 is 15.4 Å². The Kier molecular flexibility index (Phi) is 6.97. The van der Waals surface area contributed by atoms with Crippen molar-refractivity contribution in [2.45, 2.75) is 32.7 Å². The molecule has 4 heteroatoms. The first kappa shape index (κ1) is 15.5. The molecule has 0 aromatic heterocycles. The van der Waals surface area contributed by atoms with Crippen molar-refractivity contribution in [3.05, 3.63) is 29.8 Å². The lowest BCUT2D eigenvalue weighted by Gasteiger charge is -2.15. The van der Waals surface area contributed by atoms with Crippen molar-refractivity contribution in [2.75, 3.05) is 20.2 Å². The number of methoxy groups -OCH3 is 1. The molecule has 0 fully saturated rings. The third-order valence-corrected chi connectivity index (χ3v) is 3.02. The summed E-state index contributed by atoms with van der Waals surface area (Å²) < 4.78 is 5.19. The molecule has 1 amide bonds. The van der Waals surface area contributed by atoms with Gasteiger partial charge in [-0.1, -0.05) is 25.5 Å². The zero-order chi connectivity index (χ0) is 14.1. The standard InChI is InChI=1S/C15H24N2O2/c1-4-5-9-16-15(18)11-17-12(2)13-7-6-8-14(10-13)19-3/h6-8,10,12,17H,4-5,9,11H2,1-3H3,(H,16,18)/t12-/m0/s1. The van der Waals surface area contributed by atoms with Gasteiger partial charge >= 0.3 is 0 Å². The fourth-order valence-corrected chi connectivity index (χ4v) is 1.74. The van der Waals surface area contributed by atoms with E-state index in [2.05, 4.69) is 17.6 Å². The second-order valence-electron chi connectivity index (χ2n) is 4.58. The molecule has 0 spiro atoms. The van der Waals surface area contributed by atoms with E-state index in [1.807, 2.05) is 31.2 Å². The van der Waals surface area contributed by atoms with Crippen molar-refractivity contribution in [2.24, 2.45) is 0 Å². The van der Waals surface area contributed by atoms with Gasteiger partial charge in [-0.25, -0.2) is 0 Å². The molecule has 1 aromatic carbocycles. The number of hydrogen-bond donors (Lipinski definition) is 2. The summed E-state index contributed by atoms with van der Waals surface area (Å²) in [5.74, 6) is 0.877. The van der Waals surface area contributed by atoms with Gasteiger partial charge in [-0.2, -0.15) is 0 Å². The lowest BCUT2D eigenvalue weighted by Crippen LogP contribution is -2.35. The fourth-order valence-electron chi connectivity index (χ4n) is 1.74. The number of unbranched alkanes of at least 4 members (excludes halogenated alkanes) is 1. The molecule has 0 aliphatic rings. The van der Waals surface area contributed by atoms with Gasteiger partial charge in [-0.05, 0) is 31.0 Å². The van der Waals surface area contributed by atoms with Crippen LogP contribution >= 0.6 is 0 Å². The van der Waals surface area contributed by atoms with Crippen LogP contribution in [0.2, 0.25) is 0 Å². The number of benzene rings is 1. The molecule has 1 aromatic rings. The second-order valence-corrected chi connectivity index (χ2v) is 4.58. The maximum absolute atomic E-state index is 11.6. The van der Waals surface area contributed by atoms with Gasteiger partial charge in [-0.15, -0.1) is 0 Å². The molecule has 0 aliphatic carbocycles. The van der Waals surface area contributed by atoms with E-state index < -0.39 is 0 Å². The summed E-state index contributed by atoms with van der Waals surface area (Å²) in [4.78, 5) is 11.6. The van der Waals surface area contributed by atoms with E-state index in [1.54, 1.807) is 7.11 Å². The van der Waals surface area contributed by atoms with Crippen molar-refractivity contribution < 1.29 is 9.53 Å². The molecule has 0 saturated heterocycles. The Morgan fingerprint density at radius 1 is 1.42 bits per heavy atom. The number of ether oxygens (including phenoxy) is 1. The molecule has 106 valence electrons. The van der Waals surface area contributed by atoms with E-state index >= 15 is 0 Å². The van der Waals surface area contributed by atoms with Crippen LogP contribution in [0.3, 0.4) is 0 Å². The van der Waals surface area contributed by atoms with Crippen LogP contribution in [0.15, 0.2) is 24.3 Å². The molecule has 1 rings (SSSR count). The molecule has 0 radical (unpaired) electrons. The van der Waals surface area contributed by atoms with Gasteiger partial charge in [0.25, 0.3) is 0 Å². The number of nitrogens with one attached hydrogen (secondary N) is 2. The zero-order valence-electron chi connectivity index (χ0n) is 12.0. The van der Waals surface area contributed by atoms with Crippen LogP contribution in [0, 0.1) is 0 Å². The van der Waals surface area contributed by atoms with E-state index in [9.17, 15) is 4.79 Å². The molecule has 19 heavy (non-hydrogen) atoms. The molecular weight excluding hydrogens is 240 g/mol. The smallest absolute Gasteiger partial charge is 0.233 e. The largest absolute Gasteiger partial charge is 0.497 e. The maximum Gasteiger partial charge on any atom is 0.233 e. The Morgan fingerprint density at radius 3 is 2.89 bits per heavy atom. The summed E-state index contributed by atoms with van der Waals surface area (Å²) in [6.45, 7) is 5.23. The Morgan fingerprint density at radius 2 is 2.21 bits per heavy atom. The average molecular weight is 264 g/mol. The molecular formula is C15H24N2O2. The number of carbonyl (C=O) groups is 1. The van der Waals surface area contributed by atoms with Gasteiger partial charge in [0.2, 0.25) is 5.91 Å². The molecule has 0 aliphatic heterocycles. The summed E-state index contributed by atoms with van der Waals surface area (Å²) >= 11 is 0. The number of carbonyl (C=O) groups excluding carboxylic acids is 1. The second kappa shape index (κ2) is 8.53. The molecule has 4 nitrogen and oxygen atoms in total. The van der Waals surface area contributed by atoms with E-state index in [-0.39, 0.29) is 11.9 Å². The number of hydrogen-bond acceptors (Lipinski definition) is 3. The van der Waals surface area contributed by atoms with Crippen LogP contribution in [0.1, 0.15) is 38.3 Å². The van der Waals surface area contributed by atoms with Gasteiger partial charge in [0.15, 0.2) is 0 Å². The Labute approximate surface area is 115 Å². The maximum atomic E-state index is 11.6. The average Bonchev–Trinajstić information content (AvgIpc) is 2.45. The summed E-state index contributed by atoms with van der Waals surface area (Å²) in [6.07, 6.45) is 2.12. The summed E-state index contributed by atoms with van der Waals surface area (Å²) in [6, 6.07) is 7.98. The molecule has 1 atom stereocenters. The number of amides is 1. The predicted molar refractivity (Wildman–Crippen MR) is 77.3 cm³/mol. The van der Waals surface area contributed by atoms with Gasteiger partial charge in [0.05, 0.1) is 13.7 Å². The summed E-state index contributed by atoms with van der Waals surface area (Å²) in [5.41, 5.74) is 1.11. The van der Waals surface area contributed by atoms with Crippen molar-refractivity contribution in [3.8, 4) is 5.75 Å². The third-order valence-electron chi connectivity index (χ3n) is 3.02. The molecule has 0 saturated carbocycles. The molecule has 0 heterocycles. The quantitative estimate of drug-likeness (QED) is 0.708. The normalized spacial score (nSPS) is 11.9. The van der Waals surface area contributed by atoms with E-state index in [0.29, 0.717) is 6.54 Å². The van der Waals surface area contributed by atoms with E-state index in [1.165, 1.54) is 0 Å². The Hall–Kier alpha value is -1.55. The minimum absolute atomic E-state index is 0.0446. The highest BCUT2D eigenvalue weighted by Crippen LogP contribution is 2.18. The minimum Gasteiger partial charge on any atom is -0.497 e. The van der Waals surface area contributed by atoms with Crippen LogP contribution in [-0.4, -0.2) is 26.1 Å². The summed E-state index contributed by atoms with van der Waals surface area (Å²) in [5, 5.41) is 6.10. The SMILES string of the molecule is CCCCNC(=O)CN[C@@H](C)c1cccc(OC)c1. The summed E-state index contributed by atoms with van der Waals surface area (Å²) in [7, 11) is 1.65. The zero-order valence-corrected chi connectivity index (χ0v) is 12.0. The van der Waals surface area contributed by atoms with Crippen LogP contribution in [0.4, 0.5) is 0 Å². The minimum atomic E-state index is 0.0446. The van der Waals surface area contributed by atoms with Crippen molar-refractivity contribution in [1.82, 2.24) is 10.6 Å². The van der Waals surface area contributed by atoms with E-state index in [0.717, 1.165) is 30.7 Å². The first-order valence-electron chi connectivity index (χ1n) is 6.81. The van der Waals surface area contributed by atoms with Crippen LogP contribution in [0.25, 0.3) is 0 Å². The number of rotatable bonds is 8. The lowest BCUT2D eigenvalue weighted by molar-refractivity contribution is -0.120. The highest BCUT2D eigenvalue weighted by Gasteiger charge is 2.08. The van der Waals surface area contributed by atoms with Crippen molar-refractivity contribution in [3.63, 3.8) is 0 Å². The molecule has 0 unspecified atom stereocenters. The predicted octanol–water partition coefficient (Wildman–Crippen LogP) is 2.26. The first-order chi connectivity index (χ1) is 9.17. The van der Waals surface area contributed by atoms with E-state index in [4.69, 9.17) is 4.74 Å². The third kappa shape index (κ3) is 5.75. The Bertz CT molecular complexity index is 393. The van der Waals surface area contributed by atoms with Gasteiger partial charge in [-0.3, -0.25) is 4.79 Å². The van der Waals surface area contributed by atoms with Gasteiger partial charge in [0, 0.05) is 12.6 Å². The molecule has 0 bridgehead atoms. The molecule has 2 N–H and O–H groups in total. The highest BCUT2D eigenvalue weighted by molar-refractivity contribution is 5.77. The topological polar surface area (TPSA) is 50.4 Å². The van der Waals surface area contributed by atoms with Crippen LogP contribution in [-0.2, 0) is 4.79 Å². The monoisotopic (exact) mass is 264 g/mol. The Balaban J connectivity index is 2.37. The van der Waals surface area contributed by atoms with Crippen molar-refractivity contribution >= 4 is 5.91 Å². The lowest BCUT2D eigenvalue weighted by atomic mass is 10.1. The van der Waals surface area contributed by atoms with Crippen molar-refractivity contribution in [1.29, 1.82) is 0 Å².